The Labute approximate surface area is 145 Å². The summed E-state index contributed by atoms with van der Waals surface area (Å²) in [6.07, 6.45) is 0.100. The fourth-order valence-electron chi connectivity index (χ4n) is 1.47. The average molecular weight is 475 g/mol. The minimum absolute atomic E-state index is 0.0839. The summed E-state index contributed by atoms with van der Waals surface area (Å²) >= 11 is 5.55. The van der Waals surface area contributed by atoms with Gasteiger partial charge < -0.3 is 23.7 Å². The molecule has 0 aromatic heterocycles. The van der Waals surface area contributed by atoms with Crippen LogP contribution in [0.2, 0.25) is 0 Å². The Kier molecular flexibility index (Phi) is 8.30. The van der Waals surface area contributed by atoms with Gasteiger partial charge in [0.1, 0.15) is 11.5 Å². The maximum Gasteiger partial charge on any atom is 0.310 e. The lowest BCUT2D eigenvalue weighted by atomic mass is 10.1. The lowest BCUT2D eigenvalue weighted by Gasteiger charge is -2.16. The molecule has 0 amide bonds. The van der Waals surface area contributed by atoms with Crippen LogP contribution in [0.3, 0.4) is 0 Å². The van der Waals surface area contributed by atoms with Crippen molar-refractivity contribution in [2.45, 2.75) is 6.42 Å². The van der Waals surface area contributed by atoms with Gasteiger partial charge in [0.2, 0.25) is 0 Å². The van der Waals surface area contributed by atoms with Crippen LogP contribution in [-0.2, 0) is 25.4 Å². The van der Waals surface area contributed by atoms with E-state index in [1.807, 2.05) is 0 Å². The van der Waals surface area contributed by atoms with Crippen molar-refractivity contribution in [2.24, 2.45) is 0 Å². The Bertz CT molecular complexity index is 462. The van der Waals surface area contributed by atoms with Crippen molar-refractivity contribution >= 4 is 44.5 Å². The third kappa shape index (κ3) is 5.28. The third-order valence-corrected chi connectivity index (χ3v) is 4.49. The molecule has 0 fully saturated rings. The molecule has 0 heterocycles. The van der Waals surface area contributed by atoms with E-state index in [1.54, 1.807) is 6.07 Å². The normalized spacial score (nSPS) is 10.3. The zero-order chi connectivity index (χ0) is 15.8. The fraction of sp³-hybridized carbons (Fsp3) is 0.462. The standard InChI is InChI=1S/C13H16BrIO6/c1-17-6-20-9-5-10(21-7-18-2)13(15)8(12(9)14)4-11(16)19-3/h5H,4,6-7H2,1-3H3. The highest BCUT2D eigenvalue weighted by molar-refractivity contribution is 14.1. The van der Waals surface area contributed by atoms with E-state index >= 15 is 0 Å². The Hall–Kier alpha value is -0.580. The Morgan fingerprint density at radius 2 is 1.71 bits per heavy atom. The minimum atomic E-state index is -0.352. The Morgan fingerprint density at radius 1 is 1.14 bits per heavy atom. The highest BCUT2D eigenvalue weighted by Gasteiger charge is 2.19. The van der Waals surface area contributed by atoms with Crippen LogP contribution in [0.1, 0.15) is 5.56 Å². The van der Waals surface area contributed by atoms with Gasteiger partial charge in [-0.3, -0.25) is 4.79 Å². The third-order valence-electron chi connectivity index (χ3n) is 2.44. The van der Waals surface area contributed by atoms with Crippen LogP contribution in [0, 0.1) is 3.57 Å². The second kappa shape index (κ2) is 9.44. The molecule has 8 heteroatoms. The maximum absolute atomic E-state index is 11.6. The van der Waals surface area contributed by atoms with E-state index in [2.05, 4.69) is 38.5 Å². The number of hydrogen-bond donors (Lipinski definition) is 0. The van der Waals surface area contributed by atoms with Gasteiger partial charge in [-0.05, 0) is 44.1 Å². The summed E-state index contributed by atoms with van der Waals surface area (Å²) in [6.45, 7) is 0.180. The molecular weight excluding hydrogens is 459 g/mol. The second-order valence-electron chi connectivity index (χ2n) is 3.83. The van der Waals surface area contributed by atoms with E-state index in [9.17, 15) is 4.79 Å². The number of ether oxygens (including phenoxy) is 5. The van der Waals surface area contributed by atoms with Gasteiger partial charge in [0.05, 0.1) is 21.6 Å². The lowest BCUT2D eigenvalue weighted by molar-refractivity contribution is -0.139. The van der Waals surface area contributed by atoms with Gasteiger partial charge in [-0.2, -0.15) is 0 Å². The first-order chi connectivity index (χ1) is 10.0. The van der Waals surface area contributed by atoms with Crippen molar-refractivity contribution in [3.8, 4) is 11.5 Å². The SMILES string of the molecule is COCOc1cc(OCOC)c(I)c(CC(=O)OC)c1Br. The van der Waals surface area contributed by atoms with Crippen LogP contribution in [0.4, 0.5) is 0 Å². The molecule has 0 spiro atoms. The van der Waals surface area contributed by atoms with E-state index in [-0.39, 0.29) is 26.0 Å². The van der Waals surface area contributed by atoms with Crippen LogP contribution >= 0.6 is 38.5 Å². The summed E-state index contributed by atoms with van der Waals surface area (Å²) in [5.41, 5.74) is 0.724. The first-order valence-corrected chi connectivity index (χ1v) is 7.73. The van der Waals surface area contributed by atoms with Crippen LogP contribution in [0.25, 0.3) is 0 Å². The summed E-state index contributed by atoms with van der Waals surface area (Å²) < 4.78 is 26.9. The van der Waals surface area contributed by atoms with Gasteiger partial charge in [-0.15, -0.1) is 0 Å². The second-order valence-corrected chi connectivity index (χ2v) is 5.71. The molecule has 118 valence electrons. The number of methoxy groups -OCH3 is 3. The predicted molar refractivity (Wildman–Crippen MR) is 87.6 cm³/mol. The lowest BCUT2D eigenvalue weighted by Crippen LogP contribution is -2.10. The predicted octanol–water partition coefficient (Wildman–Crippen LogP) is 2.73. The van der Waals surface area contributed by atoms with E-state index in [1.165, 1.54) is 21.3 Å². The molecule has 1 rings (SSSR count). The first kappa shape index (κ1) is 18.5. The molecule has 6 nitrogen and oxygen atoms in total. The zero-order valence-corrected chi connectivity index (χ0v) is 15.6. The summed E-state index contributed by atoms with van der Waals surface area (Å²) in [6, 6.07) is 1.71. The monoisotopic (exact) mass is 474 g/mol. The number of hydrogen-bond acceptors (Lipinski definition) is 6. The van der Waals surface area contributed by atoms with Crippen LogP contribution in [0.15, 0.2) is 10.5 Å². The van der Waals surface area contributed by atoms with Gasteiger partial charge >= 0.3 is 5.97 Å². The van der Waals surface area contributed by atoms with Crippen molar-refractivity contribution in [3.05, 3.63) is 19.7 Å². The molecule has 0 saturated heterocycles. The highest BCUT2D eigenvalue weighted by atomic mass is 127. The van der Waals surface area contributed by atoms with Gasteiger partial charge in [0, 0.05) is 20.3 Å². The largest absolute Gasteiger partial charge is 0.469 e. The number of halogens is 2. The molecule has 0 atom stereocenters. The zero-order valence-electron chi connectivity index (χ0n) is 11.9. The summed E-state index contributed by atoms with van der Waals surface area (Å²) in [7, 11) is 4.40. The average Bonchev–Trinajstić information content (AvgIpc) is 2.49. The van der Waals surface area contributed by atoms with E-state index in [4.69, 9.17) is 23.7 Å². The molecule has 0 aliphatic carbocycles. The molecule has 0 aliphatic heterocycles. The molecule has 0 bridgehead atoms. The molecule has 0 aliphatic rings. The van der Waals surface area contributed by atoms with Gasteiger partial charge in [-0.1, -0.05) is 0 Å². The van der Waals surface area contributed by atoms with Crippen molar-refractivity contribution < 1.29 is 28.5 Å². The molecule has 0 unspecified atom stereocenters. The summed E-state index contributed by atoms with van der Waals surface area (Å²) in [5, 5.41) is 0. The smallest absolute Gasteiger partial charge is 0.310 e. The van der Waals surface area contributed by atoms with Gasteiger partial charge in [0.15, 0.2) is 13.6 Å². The molecule has 0 radical (unpaired) electrons. The van der Waals surface area contributed by atoms with Gasteiger partial charge in [-0.25, -0.2) is 0 Å². The molecule has 0 N–H and O–H groups in total. The quantitative estimate of drug-likeness (QED) is 0.328. The van der Waals surface area contributed by atoms with Crippen molar-refractivity contribution in [2.75, 3.05) is 34.9 Å². The Balaban J connectivity index is 3.19. The van der Waals surface area contributed by atoms with Crippen molar-refractivity contribution in [3.63, 3.8) is 0 Å². The number of benzene rings is 1. The molecule has 21 heavy (non-hydrogen) atoms. The summed E-state index contributed by atoms with van der Waals surface area (Å²) in [4.78, 5) is 11.6. The highest BCUT2D eigenvalue weighted by Crippen LogP contribution is 2.39. The number of rotatable bonds is 8. The molecule has 0 saturated carbocycles. The maximum atomic E-state index is 11.6. The first-order valence-electron chi connectivity index (χ1n) is 5.86. The number of carbonyl (C=O) groups is 1. The van der Waals surface area contributed by atoms with E-state index in [0.717, 1.165) is 9.13 Å². The summed E-state index contributed by atoms with van der Waals surface area (Å²) in [5.74, 6) is 0.725. The van der Waals surface area contributed by atoms with Crippen molar-refractivity contribution in [1.82, 2.24) is 0 Å². The number of esters is 1. The fourth-order valence-corrected chi connectivity index (χ4v) is 3.18. The van der Waals surface area contributed by atoms with Crippen LogP contribution in [-0.4, -0.2) is 40.9 Å². The van der Waals surface area contributed by atoms with Crippen molar-refractivity contribution in [1.29, 1.82) is 0 Å². The topological polar surface area (TPSA) is 63.2 Å². The molecule has 1 aromatic carbocycles. The van der Waals surface area contributed by atoms with Crippen LogP contribution in [0.5, 0.6) is 11.5 Å². The molecule has 1 aromatic rings. The number of carbonyl (C=O) groups excluding carboxylic acids is 1. The van der Waals surface area contributed by atoms with E-state index < -0.39 is 0 Å². The Morgan fingerprint density at radius 3 is 2.24 bits per heavy atom. The van der Waals surface area contributed by atoms with Crippen LogP contribution < -0.4 is 9.47 Å². The van der Waals surface area contributed by atoms with Gasteiger partial charge in [0.25, 0.3) is 0 Å². The van der Waals surface area contributed by atoms with E-state index in [0.29, 0.717) is 16.0 Å². The molecular formula is C13H16BrIO6. The minimum Gasteiger partial charge on any atom is -0.469 e.